The zero-order valence-corrected chi connectivity index (χ0v) is 11.2. The van der Waals surface area contributed by atoms with Crippen LogP contribution < -0.4 is 0 Å². The van der Waals surface area contributed by atoms with Crippen molar-refractivity contribution in [3.8, 4) is 0 Å². The fourth-order valence-corrected chi connectivity index (χ4v) is 2.63. The average molecular weight is 263 g/mol. The van der Waals surface area contributed by atoms with Crippen LogP contribution in [0, 0.1) is 0 Å². The molecule has 1 saturated heterocycles. The summed E-state index contributed by atoms with van der Waals surface area (Å²) in [6, 6.07) is 7.43. The molecule has 0 aromatic heterocycles. The highest BCUT2D eigenvalue weighted by Crippen LogP contribution is 2.22. The minimum Gasteiger partial charge on any atom is -0.480 e. The molecule has 104 valence electrons. The molecule has 2 N–H and O–H groups in total. The van der Waals surface area contributed by atoms with Gasteiger partial charge in [0.2, 0.25) is 0 Å². The van der Waals surface area contributed by atoms with Crippen LogP contribution in [0.4, 0.5) is 0 Å². The van der Waals surface area contributed by atoms with Gasteiger partial charge in [0.25, 0.3) is 0 Å². The summed E-state index contributed by atoms with van der Waals surface area (Å²) < 4.78 is 0. The van der Waals surface area contributed by atoms with E-state index in [-0.39, 0.29) is 0 Å². The second kappa shape index (κ2) is 6.17. The monoisotopic (exact) mass is 263 g/mol. The molecule has 0 saturated carbocycles. The van der Waals surface area contributed by atoms with Gasteiger partial charge in [-0.05, 0) is 36.9 Å². The second-order valence-electron chi connectivity index (χ2n) is 5.10. The summed E-state index contributed by atoms with van der Waals surface area (Å²) in [4.78, 5) is 13.0. The molecule has 1 fully saturated rings. The first-order chi connectivity index (χ1) is 9.11. The minimum absolute atomic E-state index is 0.391. The molecule has 19 heavy (non-hydrogen) atoms. The van der Waals surface area contributed by atoms with Crippen LogP contribution in [0.1, 0.15) is 37.0 Å². The largest absolute Gasteiger partial charge is 0.480 e. The summed E-state index contributed by atoms with van der Waals surface area (Å²) >= 11 is 0. The molecule has 1 aromatic rings. The summed E-state index contributed by atoms with van der Waals surface area (Å²) in [6.45, 7) is 3.23. The van der Waals surface area contributed by atoms with Gasteiger partial charge in [-0.3, -0.25) is 9.69 Å². The van der Waals surface area contributed by atoms with E-state index in [0.29, 0.717) is 13.0 Å². The lowest BCUT2D eigenvalue weighted by Gasteiger charge is -2.24. The molecule has 0 aliphatic carbocycles. The Balaban J connectivity index is 1.99. The third kappa shape index (κ3) is 3.33. The van der Waals surface area contributed by atoms with Crippen molar-refractivity contribution in [1.82, 2.24) is 4.90 Å². The summed E-state index contributed by atoms with van der Waals surface area (Å²) in [5.74, 6) is -0.786. The van der Waals surface area contributed by atoms with Crippen molar-refractivity contribution in [3.05, 3.63) is 35.4 Å². The van der Waals surface area contributed by atoms with Crippen molar-refractivity contribution in [1.29, 1.82) is 0 Å². The molecule has 1 aromatic carbocycles. The first-order valence-electron chi connectivity index (χ1n) is 6.85. The molecule has 1 aliphatic heterocycles. The molecule has 0 amide bonds. The van der Waals surface area contributed by atoms with Gasteiger partial charge in [-0.15, -0.1) is 0 Å². The number of likely N-dealkylation sites (tertiary alicyclic amines) is 1. The van der Waals surface area contributed by atoms with Crippen LogP contribution >= 0.6 is 0 Å². The summed E-state index contributed by atoms with van der Waals surface area (Å²) in [5.41, 5.74) is 2.09. The van der Waals surface area contributed by atoms with E-state index in [4.69, 9.17) is 5.11 Å². The molecule has 0 bridgehead atoms. The summed E-state index contributed by atoms with van der Waals surface area (Å²) in [7, 11) is 0. The van der Waals surface area contributed by atoms with Gasteiger partial charge in [-0.1, -0.05) is 31.2 Å². The zero-order chi connectivity index (χ0) is 13.8. The van der Waals surface area contributed by atoms with E-state index >= 15 is 0 Å². The highest BCUT2D eigenvalue weighted by Gasteiger charge is 2.31. The van der Waals surface area contributed by atoms with Crippen LogP contribution in [0.2, 0.25) is 0 Å². The van der Waals surface area contributed by atoms with Crippen molar-refractivity contribution in [2.45, 2.75) is 38.3 Å². The maximum atomic E-state index is 11.1. The Hall–Kier alpha value is -1.39. The molecule has 2 unspecified atom stereocenters. The fourth-order valence-electron chi connectivity index (χ4n) is 2.63. The Morgan fingerprint density at radius 2 is 2.11 bits per heavy atom. The van der Waals surface area contributed by atoms with Gasteiger partial charge >= 0.3 is 5.97 Å². The smallest absolute Gasteiger partial charge is 0.320 e. The highest BCUT2D eigenvalue weighted by molar-refractivity contribution is 5.73. The van der Waals surface area contributed by atoms with Gasteiger partial charge in [0.05, 0.1) is 6.10 Å². The number of aliphatic carboxylic acids is 1. The van der Waals surface area contributed by atoms with Crippen LogP contribution in [0.25, 0.3) is 0 Å². The van der Waals surface area contributed by atoms with Crippen LogP contribution in [-0.4, -0.2) is 40.2 Å². The Kier molecular flexibility index (Phi) is 4.56. The van der Waals surface area contributed by atoms with E-state index in [1.54, 1.807) is 0 Å². The lowest BCUT2D eigenvalue weighted by atomic mass is 10.1. The zero-order valence-electron chi connectivity index (χ0n) is 11.2. The van der Waals surface area contributed by atoms with Gasteiger partial charge in [0.1, 0.15) is 6.04 Å². The minimum atomic E-state index is -0.786. The average Bonchev–Trinajstić information content (AvgIpc) is 2.87. The van der Waals surface area contributed by atoms with Crippen molar-refractivity contribution < 1.29 is 15.0 Å². The maximum Gasteiger partial charge on any atom is 0.320 e. The number of aryl methyl sites for hydroxylation is 1. The number of hydrogen-bond donors (Lipinski definition) is 2. The standard InChI is InChI=1S/C15H21NO3/c1-2-11-5-7-12(8-6-11)14(17)10-16-9-3-4-13(16)15(18)19/h5-8,13-14,17H,2-4,9-10H2,1H3,(H,18,19). The number of benzene rings is 1. The van der Waals surface area contributed by atoms with E-state index < -0.39 is 18.1 Å². The van der Waals surface area contributed by atoms with Gasteiger partial charge < -0.3 is 10.2 Å². The Morgan fingerprint density at radius 1 is 1.42 bits per heavy atom. The van der Waals surface area contributed by atoms with E-state index in [0.717, 1.165) is 24.9 Å². The number of carboxylic acids is 1. The van der Waals surface area contributed by atoms with E-state index in [1.165, 1.54) is 5.56 Å². The second-order valence-corrected chi connectivity index (χ2v) is 5.10. The summed E-state index contributed by atoms with van der Waals surface area (Å²) in [6.07, 6.45) is 1.92. The predicted octanol–water partition coefficient (Wildman–Crippen LogP) is 1.83. The van der Waals surface area contributed by atoms with Crippen molar-refractivity contribution in [2.24, 2.45) is 0 Å². The highest BCUT2D eigenvalue weighted by atomic mass is 16.4. The Morgan fingerprint density at radius 3 is 2.68 bits per heavy atom. The maximum absolute atomic E-state index is 11.1. The molecule has 0 radical (unpaired) electrons. The molecule has 2 atom stereocenters. The fraction of sp³-hybridized carbons (Fsp3) is 0.533. The van der Waals surface area contributed by atoms with E-state index in [1.807, 2.05) is 29.2 Å². The molecular weight excluding hydrogens is 242 g/mol. The van der Waals surface area contributed by atoms with Crippen molar-refractivity contribution >= 4 is 5.97 Å². The number of β-amino-alcohol motifs (C(OH)–C–C–N with tert-alkyl or cyclic N) is 1. The van der Waals surface area contributed by atoms with Crippen molar-refractivity contribution in [3.63, 3.8) is 0 Å². The molecule has 4 nitrogen and oxygen atoms in total. The molecular formula is C15H21NO3. The number of rotatable bonds is 5. The number of nitrogens with zero attached hydrogens (tertiary/aromatic N) is 1. The Labute approximate surface area is 113 Å². The van der Waals surface area contributed by atoms with Crippen LogP contribution in [-0.2, 0) is 11.2 Å². The third-order valence-electron chi connectivity index (χ3n) is 3.83. The van der Waals surface area contributed by atoms with E-state index in [9.17, 15) is 9.90 Å². The Bertz CT molecular complexity index is 430. The van der Waals surface area contributed by atoms with Gasteiger partial charge in [-0.2, -0.15) is 0 Å². The number of aliphatic hydroxyl groups is 1. The quantitative estimate of drug-likeness (QED) is 0.851. The van der Waals surface area contributed by atoms with Crippen LogP contribution in [0.15, 0.2) is 24.3 Å². The predicted molar refractivity (Wildman–Crippen MR) is 73.0 cm³/mol. The van der Waals surface area contributed by atoms with Crippen LogP contribution in [0.5, 0.6) is 0 Å². The van der Waals surface area contributed by atoms with Crippen molar-refractivity contribution in [2.75, 3.05) is 13.1 Å². The van der Waals surface area contributed by atoms with E-state index in [2.05, 4.69) is 6.92 Å². The lowest BCUT2D eigenvalue weighted by Crippen LogP contribution is -2.38. The number of hydrogen-bond acceptors (Lipinski definition) is 3. The normalized spacial score (nSPS) is 21.5. The van der Waals surface area contributed by atoms with Crippen LogP contribution in [0.3, 0.4) is 0 Å². The SMILES string of the molecule is CCc1ccc(C(O)CN2CCCC2C(=O)O)cc1. The first kappa shape index (κ1) is 14.0. The molecule has 0 spiro atoms. The van der Waals surface area contributed by atoms with Gasteiger partial charge in [0.15, 0.2) is 0 Å². The number of carbonyl (C=O) groups is 1. The molecule has 2 rings (SSSR count). The molecule has 1 aliphatic rings. The molecule has 4 heteroatoms. The summed E-state index contributed by atoms with van der Waals surface area (Å²) in [5, 5.41) is 19.3. The lowest BCUT2D eigenvalue weighted by molar-refractivity contribution is -0.142. The molecule has 1 heterocycles. The van der Waals surface area contributed by atoms with Gasteiger partial charge in [0, 0.05) is 6.54 Å². The number of aliphatic hydroxyl groups excluding tert-OH is 1. The topological polar surface area (TPSA) is 60.8 Å². The third-order valence-corrected chi connectivity index (χ3v) is 3.83. The number of carboxylic acid groups (broad SMARTS) is 1. The van der Waals surface area contributed by atoms with Gasteiger partial charge in [-0.25, -0.2) is 0 Å². The first-order valence-corrected chi connectivity index (χ1v) is 6.85.